The lowest BCUT2D eigenvalue weighted by atomic mass is 9.90. The Bertz CT molecular complexity index is 370. The van der Waals surface area contributed by atoms with E-state index in [0.29, 0.717) is 24.4 Å². The van der Waals surface area contributed by atoms with Gasteiger partial charge in [0.2, 0.25) is 0 Å². The summed E-state index contributed by atoms with van der Waals surface area (Å²) in [6.45, 7) is 11.0. The molecule has 0 radical (unpaired) electrons. The third-order valence-electron chi connectivity index (χ3n) is 5.18. The van der Waals surface area contributed by atoms with Gasteiger partial charge in [-0.25, -0.2) is 0 Å². The molecule has 1 aliphatic heterocycles. The van der Waals surface area contributed by atoms with Crippen LogP contribution in [0.5, 0.6) is 0 Å². The Morgan fingerprint density at radius 2 is 1.95 bits per heavy atom. The van der Waals surface area contributed by atoms with E-state index in [-0.39, 0.29) is 30.4 Å². The average Bonchev–Trinajstić information content (AvgIpc) is 3.22. The Labute approximate surface area is 134 Å². The zero-order chi connectivity index (χ0) is 16.3. The molecule has 1 saturated heterocycles. The van der Waals surface area contributed by atoms with E-state index < -0.39 is 0 Å². The first-order valence-electron chi connectivity index (χ1n) is 8.89. The summed E-state index contributed by atoms with van der Waals surface area (Å²) < 4.78 is 17.2. The number of carbonyl (C=O) groups is 1. The van der Waals surface area contributed by atoms with E-state index in [4.69, 9.17) is 14.2 Å². The number of hydrogen-bond acceptors (Lipinski definition) is 4. The summed E-state index contributed by atoms with van der Waals surface area (Å²) in [7, 11) is 0. The van der Waals surface area contributed by atoms with E-state index >= 15 is 0 Å². The highest BCUT2D eigenvalue weighted by Gasteiger charge is 2.43. The molecule has 0 aromatic carbocycles. The molecule has 128 valence electrons. The van der Waals surface area contributed by atoms with Gasteiger partial charge < -0.3 is 14.2 Å². The van der Waals surface area contributed by atoms with Crippen LogP contribution in [-0.2, 0) is 19.0 Å². The lowest BCUT2D eigenvalue weighted by molar-refractivity contribution is -0.244. The summed E-state index contributed by atoms with van der Waals surface area (Å²) in [5.41, 5.74) is 0. The largest absolute Gasteiger partial charge is 0.466 e. The topological polar surface area (TPSA) is 44.8 Å². The van der Waals surface area contributed by atoms with Gasteiger partial charge in [-0.05, 0) is 58.3 Å². The van der Waals surface area contributed by atoms with Crippen molar-refractivity contribution < 1.29 is 19.0 Å². The van der Waals surface area contributed by atoms with Gasteiger partial charge in [-0.15, -0.1) is 0 Å². The molecule has 7 atom stereocenters. The minimum absolute atomic E-state index is 0.0203. The van der Waals surface area contributed by atoms with E-state index in [0.717, 1.165) is 25.7 Å². The average molecular weight is 312 g/mol. The highest BCUT2D eigenvalue weighted by molar-refractivity contribution is 5.75. The van der Waals surface area contributed by atoms with Crippen molar-refractivity contribution in [1.29, 1.82) is 0 Å². The molecular weight excluding hydrogens is 280 g/mol. The fourth-order valence-electron chi connectivity index (χ4n) is 3.39. The summed E-state index contributed by atoms with van der Waals surface area (Å²) in [5.74, 6) is 1.66. The second-order valence-corrected chi connectivity index (χ2v) is 7.28. The minimum Gasteiger partial charge on any atom is -0.466 e. The van der Waals surface area contributed by atoms with Crippen LogP contribution in [0.3, 0.4) is 0 Å². The van der Waals surface area contributed by atoms with Crippen molar-refractivity contribution in [2.75, 3.05) is 6.61 Å². The molecule has 22 heavy (non-hydrogen) atoms. The van der Waals surface area contributed by atoms with E-state index in [1.54, 1.807) is 0 Å². The minimum atomic E-state index is -0.0822. The highest BCUT2D eigenvalue weighted by atomic mass is 16.7. The van der Waals surface area contributed by atoms with Crippen molar-refractivity contribution in [3.8, 4) is 0 Å². The third kappa shape index (κ3) is 4.69. The lowest BCUT2D eigenvalue weighted by Crippen LogP contribution is -2.40. The fraction of sp³-hybridized carbons (Fsp3) is 0.944. The van der Waals surface area contributed by atoms with Crippen molar-refractivity contribution in [3.05, 3.63) is 0 Å². The molecule has 1 heterocycles. The smallest absolute Gasteiger partial charge is 0.309 e. The summed E-state index contributed by atoms with van der Waals surface area (Å²) in [6.07, 6.45) is 4.53. The van der Waals surface area contributed by atoms with E-state index in [1.807, 2.05) is 6.92 Å². The first kappa shape index (κ1) is 17.7. The number of carbonyl (C=O) groups excluding carboxylic acids is 1. The molecule has 2 fully saturated rings. The molecule has 2 rings (SSSR count). The van der Waals surface area contributed by atoms with Crippen LogP contribution in [-0.4, -0.2) is 31.1 Å². The van der Waals surface area contributed by atoms with Crippen molar-refractivity contribution in [2.45, 2.75) is 78.8 Å². The number of ether oxygens (including phenoxy) is 3. The zero-order valence-electron chi connectivity index (χ0n) is 14.7. The van der Waals surface area contributed by atoms with Crippen LogP contribution in [0, 0.1) is 23.7 Å². The first-order chi connectivity index (χ1) is 10.4. The lowest BCUT2D eigenvalue weighted by Gasteiger charge is -2.38. The van der Waals surface area contributed by atoms with Crippen LogP contribution in [0.2, 0.25) is 0 Å². The van der Waals surface area contributed by atoms with Crippen LogP contribution in [0.15, 0.2) is 0 Å². The molecule has 2 aliphatic rings. The summed E-state index contributed by atoms with van der Waals surface area (Å²) >= 11 is 0. The van der Waals surface area contributed by atoms with Gasteiger partial charge in [-0.3, -0.25) is 4.79 Å². The Kier molecular flexibility index (Phi) is 6.27. The van der Waals surface area contributed by atoms with Gasteiger partial charge in [-0.2, -0.15) is 0 Å². The third-order valence-corrected chi connectivity index (χ3v) is 5.18. The Morgan fingerprint density at radius 1 is 1.23 bits per heavy atom. The maximum absolute atomic E-state index is 11.6. The first-order valence-corrected chi connectivity index (χ1v) is 8.89. The van der Waals surface area contributed by atoms with Gasteiger partial charge in [0.15, 0.2) is 6.29 Å². The molecule has 0 aromatic heterocycles. The van der Waals surface area contributed by atoms with E-state index in [9.17, 15) is 4.79 Å². The van der Waals surface area contributed by atoms with Crippen LogP contribution in [0.4, 0.5) is 0 Å². The van der Waals surface area contributed by atoms with Crippen molar-refractivity contribution in [3.63, 3.8) is 0 Å². The second kappa shape index (κ2) is 7.78. The molecule has 1 saturated carbocycles. The maximum Gasteiger partial charge on any atom is 0.309 e. The molecule has 1 aliphatic carbocycles. The van der Waals surface area contributed by atoms with E-state index in [2.05, 4.69) is 27.7 Å². The Morgan fingerprint density at radius 3 is 2.64 bits per heavy atom. The van der Waals surface area contributed by atoms with Crippen LogP contribution in [0.25, 0.3) is 0 Å². The molecule has 0 spiro atoms. The van der Waals surface area contributed by atoms with Crippen LogP contribution >= 0.6 is 0 Å². The monoisotopic (exact) mass is 312 g/mol. The molecule has 4 nitrogen and oxygen atoms in total. The molecule has 4 unspecified atom stereocenters. The summed E-state index contributed by atoms with van der Waals surface area (Å²) in [4.78, 5) is 11.6. The van der Waals surface area contributed by atoms with Crippen LogP contribution < -0.4 is 0 Å². The molecule has 4 heteroatoms. The van der Waals surface area contributed by atoms with Gasteiger partial charge in [0, 0.05) is 5.92 Å². The van der Waals surface area contributed by atoms with Gasteiger partial charge >= 0.3 is 5.97 Å². The van der Waals surface area contributed by atoms with Crippen molar-refractivity contribution in [1.82, 2.24) is 0 Å². The van der Waals surface area contributed by atoms with Gasteiger partial charge in [0.1, 0.15) is 0 Å². The molecule has 0 N–H and O–H groups in total. The van der Waals surface area contributed by atoms with Gasteiger partial charge in [-0.1, -0.05) is 13.8 Å². The number of hydrogen-bond donors (Lipinski definition) is 0. The molecule has 0 amide bonds. The second-order valence-electron chi connectivity index (χ2n) is 7.28. The van der Waals surface area contributed by atoms with E-state index in [1.165, 1.54) is 0 Å². The molecule has 0 aromatic rings. The summed E-state index contributed by atoms with van der Waals surface area (Å²) in [5, 5.41) is 0. The van der Waals surface area contributed by atoms with Crippen LogP contribution in [0.1, 0.15) is 60.3 Å². The van der Waals surface area contributed by atoms with Gasteiger partial charge in [0.25, 0.3) is 0 Å². The van der Waals surface area contributed by atoms with Crippen molar-refractivity contribution >= 4 is 5.97 Å². The van der Waals surface area contributed by atoms with Gasteiger partial charge in [0.05, 0.1) is 24.7 Å². The quantitative estimate of drug-likeness (QED) is 0.671. The highest BCUT2D eigenvalue weighted by Crippen LogP contribution is 2.43. The predicted octanol–water partition coefficient (Wildman–Crippen LogP) is 3.78. The zero-order valence-corrected chi connectivity index (χ0v) is 14.7. The standard InChI is InChI=1S/C18H32O4/c1-6-20-17(19)16-10-15(16)8-7-13(4)21-18-12(3)9-11(2)14(5)22-18/h11-16,18H,6-10H2,1-5H3/t11?,12-,13-,14+,15?,16?,18?/m1/s1. The summed E-state index contributed by atoms with van der Waals surface area (Å²) in [6, 6.07) is 0. The normalized spacial score (nSPS) is 39.3. The van der Waals surface area contributed by atoms with Crippen molar-refractivity contribution in [2.24, 2.45) is 23.7 Å². The number of rotatable bonds is 7. The SMILES string of the molecule is CCOC(=O)C1CC1CC[C@@H](C)OC1O[C@@H](C)C(C)C[C@H]1C. The molecular formula is C18H32O4. The fourth-order valence-corrected chi connectivity index (χ4v) is 3.39. The predicted molar refractivity (Wildman–Crippen MR) is 85.3 cm³/mol. The Balaban J connectivity index is 1.66. The molecule has 0 bridgehead atoms. The maximum atomic E-state index is 11.6. The number of esters is 1. The Hall–Kier alpha value is -0.610.